The lowest BCUT2D eigenvalue weighted by atomic mass is 9.65. The smallest absolute Gasteiger partial charge is 0.145 e. The molecule has 0 bridgehead atoms. The Bertz CT molecular complexity index is 3500. The third kappa shape index (κ3) is 4.44. The molecule has 13 rings (SSSR count). The van der Waals surface area contributed by atoms with Gasteiger partial charge < -0.3 is 4.42 Å². The van der Waals surface area contributed by atoms with Crippen LogP contribution in [0, 0.1) is 0 Å². The highest BCUT2D eigenvalue weighted by Crippen LogP contribution is 2.62. The quantitative estimate of drug-likeness (QED) is 0.180. The number of para-hydroxylation sites is 3. The van der Waals surface area contributed by atoms with E-state index < -0.39 is 5.41 Å². The molecule has 0 saturated heterocycles. The Balaban J connectivity index is 1.07. The van der Waals surface area contributed by atoms with Gasteiger partial charge in [0.2, 0.25) is 0 Å². The van der Waals surface area contributed by atoms with Gasteiger partial charge in [-0.2, -0.15) is 0 Å². The number of hydrogen-bond donors (Lipinski definition) is 0. The van der Waals surface area contributed by atoms with Crippen molar-refractivity contribution in [2.45, 2.75) is 5.41 Å². The van der Waals surface area contributed by atoms with Crippen molar-refractivity contribution in [3.05, 3.63) is 229 Å². The van der Waals surface area contributed by atoms with Crippen LogP contribution >= 0.6 is 0 Å². The fourth-order valence-corrected chi connectivity index (χ4v) is 10.4. The highest BCUT2D eigenvalue weighted by atomic mass is 16.3. The second-order valence-corrected chi connectivity index (χ2v) is 15.8. The Hall–Kier alpha value is -7.75. The summed E-state index contributed by atoms with van der Waals surface area (Å²) >= 11 is 0. The summed E-state index contributed by atoms with van der Waals surface area (Å²) in [6, 6.07) is 75.2. The molecule has 0 saturated carbocycles. The second kappa shape index (κ2) is 12.1. The molecule has 1 atom stereocenters. The van der Waals surface area contributed by atoms with E-state index in [1.165, 1.54) is 61.2 Å². The van der Waals surface area contributed by atoms with Gasteiger partial charge in [0, 0.05) is 22.0 Å². The van der Waals surface area contributed by atoms with Crippen molar-refractivity contribution in [1.29, 1.82) is 0 Å². The van der Waals surface area contributed by atoms with Gasteiger partial charge in [-0.25, -0.2) is 4.98 Å². The predicted octanol–water partition coefficient (Wildman–Crippen LogP) is 14.3. The van der Waals surface area contributed by atoms with Crippen LogP contribution in [0.4, 0.5) is 0 Å². The zero-order chi connectivity index (χ0) is 38.7. The van der Waals surface area contributed by atoms with Gasteiger partial charge in [0.25, 0.3) is 0 Å². The molecule has 1 unspecified atom stereocenters. The first kappa shape index (κ1) is 32.3. The molecule has 2 aliphatic carbocycles. The molecule has 1 spiro atoms. The van der Waals surface area contributed by atoms with Gasteiger partial charge in [-0.3, -0.25) is 4.57 Å². The van der Waals surface area contributed by atoms with Crippen molar-refractivity contribution < 1.29 is 4.42 Å². The average Bonchev–Trinajstić information content (AvgIpc) is 3.94. The van der Waals surface area contributed by atoms with Crippen molar-refractivity contribution in [3.8, 4) is 61.6 Å². The molecule has 0 N–H and O–H groups in total. The van der Waals surface area contributed by atoms with Crippen molar-refractivity contribution in [3.63, 3.8) is 0 Å². The summed E-state index contributed by atoms with van der Waals surface area (Å²) in [4.78, 5) is 5.10. The third-order valence-corrected chi connectivity index (χ3v) is 12.9. The van der Waals surface area contributed by atoms with E-state index in [1.54, 1.807) is 0 Å². The van der Waals surface area contributed by atoms with Crippen LogP contribution in [0.2, 0.25) is 0 Å². The lowest BCUT2D eigenvalue weighted by molar-refractivity contribution is 0.666. The summed E-state index contributed by atoms with van der Waals surface area (Å²) in [7, 11) is 0. The van der Waals surface area contributed by atoms with Crippen LogP contribution in [-0.2, 0) is 5.41 Å². The first-order valence-electron chi connectivity index (χ1n) is 20.3. The number of imidazole rings is 1. The summed E-state index contributed by atoms with van der Waals surface area (Å²) in [5.41, 5.74) is 20.3. The minimum atomic E-state index is -0.625. The average molecular weight is 751 g/mol. The minimum Gasteiger partial charge on any atom is -0.456 e. The fourth-order valence-electron chi connectivity index (χ4n) is 10.4. The molecular weight excluding hydrogens is 717 g/mol. The van der Waals surface area contributed by atoms with Crippen molar-refractivity contribution in [2.24, 2.45) is 0 Å². The van der Waals surface area contributed by atoms with E-state index in [-0.39, 0.29) is 0 Å². The number of aromatic nitrogens is 2. The van der Waals surface area contributed by atoms with Gasteiger partial charge in [0.15, 0.2) is 0 Å². The maximum Gasteiger partial charge on any atom is 0.145 e. The standard InChI is InChI=1S/C56H34N2O/c1-2-14-36(15-3-1)55-57-51-23-11-12-24-52(51)58(55)38-29-26-35(27-30-38)37-28-31-43-40-17-5-4-16-39(40)41-18-6-9-21-47(41)56(49(43)32-37)48-22-10-7-19-42(48)45-33-46-44-20-8-13-25-53(44)59-54(46)34-50(45)56/h1-34H. The van der Waals surface area contributed by atoms with Crippen LogP contribution < -0.4 is 0 Å². The van der Waals surface area contributed by atoms with Crippen LogP contribution in [-0.4, -0.2) is 9.55 Å². The van der Waals surface area contributed by atoms with Crippen molar-refractivity contribution >= 4 is 33.0 Å². The molecule has 0 fully saturated rings. The van der Waals surface area contributed by atoms with Crippen LogP contribution in [0.1, 0.15) is 22.3 Å². The van der Waals surface area contributed by atoms with E-state index in [4.69, 9.17) is 9.40 Å². The van der Waals surface area contributed by atoms with Crippen LogP contribution in [0.25, 0.3) is 94.6 Å². The Morgan fingerprint density at radius 1 is 0.373 bits per heavy atom. The molecule has 2 heterocycles. The maximum absolute atomic E-state index is 6.67. The van der Waals surface area contributed by atoms with E-state index in [9.17, 15) is 0 Å². The number of nitrogens with zero attached hydrogens (tertiary/aromatic N) is 2. The van der Waals surface area contributed by atoms with E-state index in [2.05, 4.69) is 211 Å². The molecule has 11 aromatic rings. The first-order chi connectivity index (χ1) is 29.3. The third-order valence-electron chi connectivity index (χ3n) is 12.9. The molecule has 3 heteroatoms. The molecule has 9 aromatic carbocycles. The molecule has 3 nitrogen and oxygen atoms in total. The van der Waals surface area contributed by atoms with E-state index in [1.807, 2.05) is 0 Å². The number of hydrogen-bond acceptors (Lipinski definition) is 2. The Kier molecular flexibility index (Phi) is 6.65. The largest absolute Gasteiger partial charge is 0.456 e. The van der Waals surface area contributed by atoms with Gasteiger partial charge >= 0.3 is 0 Å². The molecule has 0 aliphatic heterocycles. The van der Waals surface area contributed by atoms with E-state index in [0.29, 0.717) is 0 Å². The van der Waals surface area contributed by atoms with Gasteiger partial charge in [-0.1, -0.05) is 158 Å². The summed E-state index contributed by atoms with van der Waals surface area (Å²) in [6.45, 7) is 0. The molecule has 2 aliphatic rings. The fraction of sp³-hybridized carbons (Fsp3) is 0.0179. The number of rotatable bonds is 3. The Labute approximate surface area is 341 Å². The van der Waals surface area contributed by atoms with Gasteiger partial charge in [0.1, 0.15) is 17.0 Å². The zero-order valence-corrected chi connectivity index (χ0v) is 31.9. The van der Waals surface area contributed by atoms with Crippen LogP contribution in [0.3, 0.4) is 0 Å². The molecule has 59 heavy (non-hydrogen) atoms. The summed E-state index contributed by atoms with van der Waals surface area (Å²) in [5, 5.41) is 2.29. The summed E-state index contributed by atoms with van der Waals surface area (Å²) in [5.74, 6) is 0.931. The maximum atomic E-state index is 6.67. The minimum absolute atomic E-state index is 0.625. The SMILES string of the molecule is c1ccc(-c2nc3ccccc3n2-c2ccc(-c3ccc4c(c3)C3(c5ccccc5-c5ccccc5-4)c4ccccc4-c4cc5c(cc43)oc3ccccc35)cc2)cc1. The molecule has 0 radical (unpaired) electrons. The Morgan fingerprint density at radius 3 is 1.75 bits per heavy atom. The van der Waals surface area contributed by atoms with Crippen LogP contribution in [0.15, 0.2) is 211 Å². The molecular formula is C56H34N2O. The van der Waals surface area contributed by atoms with Crippen LogP contribution in [0.5, 0.6) is 0 Å². The summed E-state index contributed by atoms with van der Waals surface area (Å²) < 4.78 is 8.95. The van der Waals surface area contributed by atoms with Crippen molar-refractivity contribution in [2.75, 3.05) is 0 Å². The topological polar surface area (TPSA) is 31.0 Å². The normalized spacial score (nSPS) is 14.8. The zero-order valence-electron chi connectivity index (χ0n) is 31.9. The molecule has 0 amide bonds. The molecule has 274 valence electrons. The first-order valence-corrected chi connectivity index (χ1v) is 20.3. The number of fused-ring (bicyclic) bond motifs is 16. The second-order valence-electron chi connectivity index (χ2n) is 15.8. The van der Waals surface area contributed by atoms with Crippen molar-refractivity contribution in [1.82, 2.24) is 9.55 Å². The van der Waals surface area contributed by atoms with Gasteiger partial charge in [-0.15, -0.1) is 0 Å². The van der Waals surface area contributed by atoms with E-state index >= 15 is 0 Å². The van der Waals surface area contributed by atoms with Gasteiger partial charge in [0.05, 0.1) is 16.4 Å². The highest BCUT2D eigenvalue weighted by molar-refractivity contribution is 6.09. The summed E-state index contributed by atoms with van der Waals surface area (Å²) in [6.07, 6.45) is 0. The number of benzene rings is 9. The monoisotopic (exact) mass is 750 g/mol. The Morgan fingerprint density at radius 2 is 0.966 bits per heavy atom. The van der Waals surface area contributed by atoms with E-state index in [0.717, 1.165) is 55.6 Å². The molecule has 2 aromatic heterocycles. The lowest BCUT2D eigenvalue weighted by Gasteiger charge is -2.35. The number of furan rings is 1. The van der Waals surface area contributed by atoms with Gasteiger partial charge in [-0.05, 0) is 115 Å². The highest BCUT2D eigenvalue weighted by Gasteiger charge is 2.50. The predicted molar refractivity (Wildman–Crippen MR) is 241 cm³/mol. The lowest BCUT2D eigenvalue weighted by Crippen LogP contribution is -2.29.